The third-order valence-electron chi connectivity index (χ3n) is 1.87. The first kappa shape index (κ1) is 17.5. The van der Waals surface area contributed by atoms with Crippen LogP contribution in [0.4, 0.5) is 0 Å². The average Bonchev–Trinajstić information content (AvgIpc) is 2.10. The van der Waals surface area contributed by atoms with E-state index in [1.165, 1.54) is 0 Å². The maximum Gasteiger partial charge on any atom is 0.0377 e. The summed E-state index contributed by atoms with van der Waals surface area (Å²) in [6.07, 6.45) is 3.26. The van der Waals surface area contributed by atoms with Gasteiger partial charge in [-0.2, -0.15) is 0 Å². The van der Waals surface area contributed by atoms with Crippen molar-refractivity contribution in [1.82, 2.24) is 5.32 Å². The van der Waals surface area contributed by atoms with Crippen LogP contribution in [-0.2, 0) is 0 Å². The molecule has 0 radical (unpaired) electrons. The minimum absolute atomic E-state index is 0. The zero-order chi connectivity index (χ0) is 10.1. The van der Waals surface area contributed by atoms with Gasteiger partial charge in [-0.1, -0.05) is 6.42 Å². The Labute approximate surface area is 108 Å². The van der Waals surface area contributed by atoms with Crippen LogP contribution in [0.2, 0.25) is 0 Å². The molecule has 2 unspecified atom stereocenters. The molecule has 0 aliphatic carbocycles. The molecule has 0 saturated heterocycles. The molecule has 5 heteroatoms. The highest BCUT2D eigenvalue weighted by atomic mass is 35.5. The highest BCUT2D eigenvalue weighted by molar-refractivity contribution is 6.20. The van der Waals surface area contributed by atoms with Crippen molar-refractivity contribution in [2.75, 3.05) is 18.3 Å². The number of hydrogen-bond acceptors (Lipinski definition) is 1. The van der Waals surface area contributed by atoms with Crippen molar-refractivity contribution in [3.8, 4) is 0 Å². The van der Waals surface area contributed by atoms with Crippen LogP contribution in [0.25, 0.3) is 0 Å². The summed E-state index contributed by atoms with van der Waals surface area (Å²) in [5.74, 6) is 1.28. The van der Waals surface area contributed by atoms with Gasteiger partial charge in [0.1, 0.15) is 0 Å². The summed E-state index contributed by atoms with van der Waals surface area (Å²) in [4.78, 5) is 0. The topological polar surface area (TPSA) is 12.0 Å². The second-order valence-corrected chi connectivity index (χ2v) is 4.64. The van der Waals surface area contributed by atoms with Gasteiger partial charge in [-0.25, -0.2) is 0 Å². The Morgan fingerprint density at radius 3 is 2.29 bits per heavy atom. The van der Waals surface area contributed by atoms with Crippen molar-refractivity contribution in [2.45, 2.75) is 37.6 Å². The van der Waals surface area contributed by atoms with E-state index in [0.717, 1.165) is 25.8 Å². The molecule has 0 rings (SSSR count). The lowest BCUT2D eigenvalue weighted by Gasteiger charge is -2.15. The first-order chi connectivity index (χ1) is 6.20. The van der Waals surface area contributed by atoms with Crippen LogP contribution in [0.1, 0.15) is 26.2 Å². The third kappa shape index (κ3) is 11.2. The number of alkyl halides is 3. The molecule has 0 heterocycles. The maximum absolute atomic E-state index is 5.83. The minimum Gasteiger partial charge on any atom is -0.312 e. The lowest BCUT2D eigenvalue weighted by molar-refractivity contribution is 0.506. The molecular weight excluding hydrogens is 264 g/mol. The zero-order valence-electron chi connectivity index (χ0n) is 8.44. The first-order valence-electron chi connectivity index (χ1n) is 4.70. The van der Waals surface area contributed by atoms with Crippen molar-refractivity contribution in [3.63, 3.8) is 0 Å². The summed E-state index contributed by atoms with van der Waals surface area (Å²) in [6.45, 7) is 2.85. The van der Waals surface area contributed by atoms with Crippen molar-refractivity contribution >= 4 is 47.2 Å². The predicted octanol–water partition coefficient (Wildman–Crippen LogP) is 3.64. The van der Waals surface area contributed by atoms with Crippen LogP contribution >= 0.6 is 47.2 Å². The van der Waals surface area contributed by atoms with Crippen LogP contribution in [0.5, 0.6) is 0 Å². The van der Waals surface area contributed by atoms with Gasteiger partial charge in [0.25, 0.3) is 0 Å². The molecule has 0 amide bonds. The summed E-state index contributed by atoms with van der Waals surface area (Å²) < 4.78 is 0. The molecule has 0 saturated carbocycles. The average molecular weight is 283 g/mol. The Morgan fingerprint density at radius 2 is 1.86 bits per heavy atom. The largest absolute Gasteiger partial charge is 0.312 e. The molecule has 1 nitrogen and oxygen atoms in total. The summed E-state index contributed by atoms with van der Waals surface area (Å²) in [6, 6.07) is 0.385. The van der Waals surface area contributed by atoms with Gasteiger partial charge in [0.05, 0.1) is 0 Å². The number of hydrogen-bond donors (Lipinski definition) is 1. The standard InChI is InChI=1S/C9H18Cl3N.ClH/c1-8(12)3-2-4-9(7-11)13-6-5-10;/h8-9,13H,2-7H2,1H3;1H. The van der Waals surface area contributed by atoms with Crippen molar-refractivity contribution < 1.29 is 0 Å². The lowest BCUT2D eigenvalue weighted by Crippen LogP contribution is -2.32. The van der Waals surface area contributed by atoms with E-state index >= 15 is 0 Å². The van der Waals surface area contributed by atoms with E-state index in [1.54, 1.807) is 0 Å². The maximum atomic E-state index is 5.83. The molecule has 0 spiro atoms. The molecule has 14 heavy (non-hydrogen) atoms. The zero-order valence-corrected chi connectivity index (χ0v) is 11.5. The summed E-state index contributed by atoms with van der Waals surface area (Å²) in [5, 5.41) is 3.55. The second kappa shape index (κ2) is 12.2. The molecule has 0 aliphatic heterocycles. The molecule has 2 atom stereocenters. The fourth-order valence-corrected chi connectivity index (χ4v) is 1.66. The molecule has 0 aromatic rings. The lowest BCUT2D eigenvalue weighted by atomic mass is 10.1. The van der Waals surface area contributed by atoms with Crippen molar-refractivity contribution in [1.29, 1.82) is 0 Å². The van der Waals surface area contributed by atoms with E-state index in [1.807, 2.05) is 6.92 Å². The fourth-order valence-electron chi connectivity index (χ4n) is 1.14. The smallest absolute Gasteiger partial charge is 0.0377 e. The van der Waals surface area contributed by atoms with Gasteiger partial charge >= 0.3 is 0 Å². The Hall–Kier alpha value is 1.12. The van der Waals surface area contributed by atoms with E-state index in [9.17, 15) is 0 Å². The van der Waals surface area contributed by atoms with Gasteiger partial charge in [-0.05, 0) is 19.8 Å². The highest BCUT2D eigenvalue weighted by Gasteiger charge is 2.06. The minimum atomic E-state index is 0. The quantitative estimate of drug-likeness (QED) is 0.670. The molecule has 0 aromatic heterocycles. The van der Waals surface area contributed by atoms with Crippen molar-refractivity contribution in [2.24, 2.45) is 0 Å². The Bertz CT molecular complexity index is 111. The van der Waals surface area contributed by atoms with Gasteiger partial charge in [0.15, 0.2) is 0 Å². The van der Waals surface area contributed by atoms with Crippen LogP contribution in [-0.4, -0.2) is 29.7 Å². The van der Waals surface area contributed by atoms with E-state index in [4.69, 9.17) is 34.8 Å². The molecule has 1 N–H and O–H groups in total. The number of rotatable bonds is 8. The van der Waals surface area contributed by atoms with Crippen LogP contribution in [0, 0.1) is 0 Å². The van der Waals surface area contributed by atoms with E-state index in [0.29, 0.717) is 17.8 Å². The van der Waals surface area contributed by atoms with Gasteiger partial charge in [-0.15, -0.1) is 47.2 Å². The predicted molar refractivity (Wildman–Crippen MR) is 69.6 cm³/mol. The number of halogens is 4. The Kier molecular flexibility index (Phi) is 15.2. The van der Waals surface area contributed by atoms with Gasteiger partial charge in [0, 0.05) is 29.7 Å². The summed E-state index contributed by atoms with van der Waals surface area (Å²) in [5.41, 5.74) is 0. The molecule has 0 bridgehead atoms. The van der Waals surface area contributed by atoms with Crippen LogP contribution in [0.3, 0.4) is 0 Å². The first-order valence-corrected chi connectivity index (χ1v) is 6.20. The summed E-state index contributed by atoms with van der Waals surface area (Å²) in [7, 11) is 0. The van der Waals surface area contributed by atoms with E-state index in [-0.39, 0.29) is 17.8 Å². The van der Waals surface area contributed by atoms with Gasteiger partial charge < -0.3 is 5.32 Å². The Morgan fingerprint density at radius 1 is 1.21 bits per heavy atom. The van der Waals surface area contributed by atoms with Gasteiger partial charge in [0.2, 0.25) is 0 Å². The van der Waals surface area contributed by atoms with Gasteiger partial charge in [-0.3, -0.25) is 0 Å². The highest BCUT2D eigenvalue weighted by Crippen LogP contribution is 2.09. The number of nitrogens with one attached hydrogen (secondary N) is 1. The monoisotopic (exact) mass is 281 g/mol. The fraction of sp³-hybridized carbons (Fsp3) is 1.00. The summed E-state index contributed by atoms with van der Waals surface area (Å²) >= 11 is 17.2. The second-order valence-electron chi connectivity index (χ2n) is 3.21. The molecule has 0 aliphatic rings. The van der Waals surface area contributed by atoms with Crippen LogP contribution < -0.4 is 5.32 Å². The molecular formula is C9H19Cl4N. The van der Waals surface area contributed by atoms with Crippen molar-refractivity contribution in [3.05, 3.63) is 0 Å². The van der Waals surface area contributed by atoms with E-state index in [2.05, 4.69) is 5.32 Å². The SMILES string of the molecule is CC(Cl)CCCC(CCl)NCCCl.Cl. The third-order valence-corrected chi connectivity index (χ3v) is 2.65. The molecule has 88 valence electrons. The normalized spacial score (nSPS) is 14.6. The molecule has 0 aromatic carbocycles. The van der Waals surface area contributed by atoms with Crippen LogP contribution in [0.15, 0.2) is 0 Å². The Balaban J connectivity index is 0. The molecule has 0 fully saturated rings. The van der Waals surface area contributed by atoms with E-state index < -0.39 is 0 Å².